The van der Waals surface area contributed by atoms with E-state index >= 15 is 0 Å². The Morgan fingerprint density at radius 3 is 2.45 bits per heavy atom. The Labute approximate surface area is 280 Å². The van der Waals surface area contributed by atoms with Crippen LogP contribution in [0.2, 0.25) is 0 Å². The predicted octanol–water partition coefficient (Wildman–Crippen LogP) is 5.26. The van der Waals surface area contributed by atoms with Gasteiger partial charge in [0.2, 0.25) is 10.0 Å². The molecule has 1 fully saturated rings. The average molecular weight is 673 g/mol. The summed E-state index contributed by atoms with van der Waals surface area (Å²) in [6.07, 6.45) is 6.85. The van der Waals surface area contributed by atoms with Crippen molar-refractivity contribution in [1.29, 1.82) is 0 Å². The third kappa shape index (κ3) is 10.2. The van der Waals surface area contributed by atoms with E-state index in [0.717, 1.165) is 44.9 Å². The van der Waals surface area contributed by atoms with Gasteiger partial charge in [-0.1, -0.05) is 44.4 Å². The molecule has 0 saturated heterocycles. The maximum Gasteiger partial charge on any atom is 0.319 e. The Morgan fingerprint density at radius 1 is 1.04 bits per heavy atom. The first-order chi connectivity index (χ1) is 22.5. The normalized spacial score (nSPS) is 22.9. The number of benzene rings is 2. The van der Waals surface area contributed by atoms with Crippen LogP contribution in [0.15, 0.2) is 53.4 Å². The summed E-state index contributed by atoms with van der Waals surface area (Å²) in [5.74, 6) is -0.254. The monoisotopic (exact) mass is 672 g/mol. The molecule has 2 aliphatic rings. The van der Waals surface area contributed by atoms with Crippen LogP contribution < -0.4 is 15.4 Å². The Bertz CT molecular complexity index is 1420. The van der Waals surface area contributed by atoms with E-state index in [1.807, 2.05) is 13.8 Å². The number of fused-ring (bicyclic) bond motifs is 1. The van der Waals surface area contributed by atoms with E-state index < -0.39 is 22.2 Å². The molecule has 4 atom stereocenters. The summed E-state index contributed by atoms with van der Waals surface area (Å²) in [5.41, 5.74) is 0.736. The molecule has 47 heavy (non-hydrogen) atoms. The highest BCUT2D eigenvalue weighted by Crippen LogP contribution is 2.29. The van der Waals surface area contributed by atoms with Crippen LogP contribution in [0.3, 0.4) is 0 Å². The molecule has 3 N–H and O–H groups in total. The van der Waals surface area contributed by atoms with Crippen molar-refractivity contribution in [2.75, 3.05) is 38.7 Å². The number of nitrogens with one attached hydrogen (secondary N) is 2. The second-order valence-corrected chi connectivity index (χ2v) is 15.1. The molecule has 1 heterocycles. The van der Waals surface area contributed by atoms with E-state index in [2.05, 4.69) is 10.6 Å². The van der Waals surface area contributed by atoms with Crippen LogP contribution in [0.1, 0.15) is 82.5 Å². The molecule has 0 bridgehead atoms. The minimum absolute atomic E-state index is 0.0915. The largest absolute Gasteiger partial charge is 0.490 e. The number of carbonyl (C=O) groups excluding carboxylic acids is 2. The van der Waals surface area contributed by atoms with Gasteiger partial charge in [0.1, 0.15) is 5.75 Å². The fourth-order valence-electron chi connectivity index (χ4n) is 6.19. The van der Waals surface area contributed by atoms with Gasteiger partial charge in [-0.05, 0) is 76.3 Å². The number of ether oxygens (including phenoxy) is 2. The molecule has 1 saturated carbocycles. The van der Waals surface area contributed by atoms with Gasteiger partial charge in [-0.3, -0.25) is 4.79 Å². The summed E-state index contributed by atoms with van der Waals surface area (Å²) in [4.78, 5) is 29.0. The Balaban J connectivity index is 1.60. The molecule has 2 aromatic carbocycles. The zero-order valence-electron chi connectivity index (χ0n) is 28.2. The second kappa shape index (κ2) is 17.3. The van der Waals surface area contributed by atoms with Gasteiger partial charge in [0.15, 0.2) is 0 Å². The standard InChI is InChI=1S/C35H52N4O7S/c1-25-22-39(26(2)24-40)34(41)31-21-29(37-35(42)36-28-14-7-5-8-15-28)18-19-32(31)46-27(3)13-11-12-20-45-33(25)23-38(4)47(43,44)30-16-9-6-10-17-30/h6,9-10,16-19,21,25-28,33,40H,5,7-8,11-15,20,22-24H2,1-4H3,(H2,36,37,42)/t25-,26+,27+,33-/m0/s1. The molecule has 0 aromatic heterocycles. The fraction of sp³-hybridized carbons (Fsp3) is 0.600. The number of anilines is 1. The van der Waals surface area contributed by atoms with E-state index in [1.165, 1.54) is 17.8 Å². The summed E-state index contributed by atoms with van der Waals surface area (Å²) >= 11 is 0. The van der Waals surface area contributed by atoms with Crippen LogP contribution in [-0.4, -0.2) is 92.3 Å². The van der Waals surface area contributed by atoms with Crippen LogP contribution >= 0.6 is 0 Å². The maximum absolute atomic E-state index is 14.3. The zero-order chi connectivity index (χ0) is 34.0. The first-order valence-electron chi connectivity index (χ1n) is 16.9. The highest BCUT2D eigenvalue weighted by Gasteiger charge is 2.32. The number of carbonyl (C=O) groups is 2. The molecule has 0 spiro atoms. The number of urea groups is 1. The molecule has 12 heteroatoms. The Kier molecular flexibility index (Phi) is 13.5. The number of sulfonamides is 1. The lowest BCUT2D eigenvalue weighted by Crippen LogP contribution is -2.48. The molecule has 1 aliphatic carbocycles. The first kappa shape index (κ1) is 36.6. The Morgan fingerprint density at radius 2 is 1.74 bits per heavy atom. The topological polar surface area (TPSA) is 138 Å². The van der Waals surface area contributed by atoms with Crippen molar-refractivity contribution in [3.05, 3.63) is 54.1 Å². The molecule has 260 valence electrons. The highest BCUT2D eigenvalue weighted by molar-refractivity contribution is 7.89. The van der Waals surface area contributed by atoms with E-state index in [9.17, 15) is 23.1 Å². The summed E-state index contributed by atoms with van der Waals surface area (Å²) in [7, 11) is -2.22. The number of hydrogen-bond donors (Lipinski definition) is 3. The number of likely N-dealkylation sites (N-methyl/N-ethyl adjacent to an activating group) is 1. The molecule has 0 unspecified atom stereocenters. The van der Waals surface area contributed by atoms with Crippen molar-refractivity contribution in [3.63, 3.8) is 0 Å². The number of amides is 3. The van der Waals surface area contributed by atoms with Crippen LogP contribution in [0, 0.1) is 5.92 Å². The van der Waals surface area contributed by atoms with Crippen molar-refractivity contribution < 1.29 is 32.6 Å². The molecule has 11 nitrogen and oxygen atoms in total. The molecule has 3 amide bonds. The van der Waals surface area contributed by atoms with Crippen molar-refractivity contribution in [3.8, 4) is 5.75 Å². The minimum Gasteiger partial charge on any atom is -0.490 e. The van der Waals surface area contributed by atoms with Gasteiger partial charge in [0.25, 0.3) is 5.91 Å². The fourth-order valence-corrected chi connectivity index (χ4v) is 7.39. The lowest BCUT2D eigenvalue weighted by Gasteiger charge is -2.35. The van der Waals surface area contributed by atoms with Crippen LogP contribution in [0.25, 0.3) is 0 Å². The molecule has 4 rings (SSSR count). The van der Waals surface area contributed by atoms with E-state index in [1.54, 1.807) is 60.4 Å². The third-order valence-corrected chi connectivity index (χ3v) is 11.0. The van der Waals surface area contributed by atoms with Gasteiger partial charge in [-0.15, -0.1) is 0 Å². The highest BCUT2D eigenvalue weighted by atomic mass is 32.2. The Hall–Kier alpha value is -3.19. The number of nitrogens with zero attached hydrogens (tertiary/aromatic N) is 2. The summed E-state index contributed by atoms with van der Waals surface area (Å²) in [6.45, 7) is 6.08. The third-order valence-electron chi connectivity index (χ3n) is 9.14. The van der Waals surface area contributed by atoms with E-state index in [4.69, 9.17) is 9.47 Å². The van der Waals surface area contributed by atoms with Crippen LogP contribution in [-0.2, 0) is 14.8 Å². The van der Waals surface area contributed by atoms with Crippen molar-refractivity contribution >= 4 is 27.6 Å². The van der Waals surface area contributed by atoms with Gasteiger partial charge < -0.3 is 30.1 Å². The number of aliphatic hydroxyl groups is 1. The lowest BCUT2D eigenvalue weighted by molar-refractivity contribution is -0.00833. The zero-order valence-corrected chi connectivity index (χ0v) is 29.0. The maximum atomic E-state index is 14.3. The summed E-state index contributed by atoms with van der Waals surface area (Å²) in [5, 5.41) is 16.2. The quantitative estimate of drug-likeness (QED) is 0.348. The molecule has 0 radical (unpaired) electrons. The van der Waals surface area contributed by atoms with Gasteiger partial charge in [-0.2, -0.15) is 4.31 Å². The number of rotatable bonds is 8. The summed E-state index contributed by atoms with van der Waals surface area (Å²) in [6, 6.07) is 12.6. The van der Waals surface area contributed by atoms with Crippen LogP contribution in [0.4, 0.5) is 10.5 Å². The predicted molar refractivity (Wildman–Crippen MR) is 182 cm³/mol. The molecular weight excluding hydrogens is 620 g/mol. The van der Waals surface area contributed by atoms with Gasteiger partial charge in [0, 0.05) is 44.4 Å². The summed E-state index contributed by atoms with van der Waals surface area (Å²) < 4.78 is 40.6. The number of aliphatic hydroxyl groups excluding tert-OH is 1. The SMILES string of the molecule is C[C@@H]1CCCCO[C@@H](CN(C)S(=O)(=O)c2ccccc2)[C@@H](C)CN([C@H](C)CO)C(=O)c2cc(NC(=O)NC3CCCCC3)ccc2O1. The average Bonchev–Trinajstić information content (AvgIpc) is 3.06. The van der Waals surface area contributed by atoms with Crippen molar-refractivity contribution in [2.45, 2.75) is 101 Å². The first-order valence-corrected chi connectivity index (χ1v) is 18.4. The smallest absolute Gasteiger partial charge is 0.319 e. The lowest BCUT2D eigenvalue weighted by atomic mass is 9.96. The minimum atomic E-state index is -3.76. The second-order valence-electron chi connectivity index (χ2n) is 13.0. The van der Waals surface area contributed by atoms with Crippen molar-refractivity contribution in [2.24, 2.45) is 5.92 Å². The molecule has 2 aromatic rings. The van der Waals surface area contributed by atoms with Gasteiger partial charge in [-0.25, -0.2) is 13.2 Å². The van der Waals surface area contributed by atoms with Gasteiger partial charge >= 0.3 is 6.03 Å². The molecular formula is C35H52N4O7S. The van der Waals surface area contributed by atoms with E-state index in [-0.39, 0.29) is 60.2 Å². The number of hydrogen-bond acceptors (Lipinski definition) is 7. The van der Waals surface area contributed by atoms with Gasteiger partial charge in [0.05, 0.1) is 35.3 Å². The molecule has 1 aliphatic heterocycles. The van der Waals surface area contributed by atoms with Crippen molar-refractivity contribution in [1.82, 2.24) is 14.5 Å². The van der Waals surface area contributed by atoms with Crippen LogP contribution in [0.5, 0.6) is 5.75 Å². The van der Waals surface area contributed by atoms with E-state index in [0.29, 0.717) is 18.0 Å².